The molecule has 3 rings (SSSR count). The minimum atomic E-state index is -0.0792. The number of likely N-dealkylation sites (N-methyl/N-ethyl adjacent to an activating group) is 1. The zero-order valence-corrected chi connectivity index (χ0v) is 15.0. The van der Waals surface area contributed by atoms with Gasteiger partial charge in [-0.25, -0.2) is 9.97 Å². The Morgan fingerprint density at radius 1 is 1.08 bits per heavy atom. The van der Waals surface area contributed by atoms with Crippen LogP contribution in [0.15, 0.2) is 6.07 Å². The van der Waals surface area contributed by atoms with Gasteiger partial charge in [-0.05, 0) is 19.5 Å². The van der Waals surface area contributed by atoms with E-state index in [9.17, 15) is 9.59 Å². The second kappa shape index (κ2) is 7.77. The molecule has 25 heavy (non-hydrogen) atoms. The van der Waals surface area contributed by atoms with Crippen LogP contribution in [-0.2, 0) is 4.79 Å². The highest BCUT2D eigenvalue weighted by atomic mass is 16.2. The van der Waals surface area contributed by atoms with E-state index in [0.29, 0.717) is 37.8 Å². The number of nitrogens with zero attached hydrogens (tertiary/aromatic N) is 6. The molecule has 8 nitrogen and oxygen atoms in total. The number of anilines is 1. The van der Waals surface area contributed by atoms with Gasteiger partial charge in [0.15, 0.2) is 0 Å². The quantitative estimate of drug-likeness (QED) is 0.706. The van der Waals surface area contributed by atoms with Gasteiger partial charge in [0.25, 0.3) is 5.91 Å². The Bertz CT molecular complexity index is 622. The fourth-order valence-electron chi connectivity index (χ4n) is 3.26. The highest BCUT2D eigenvalue weighted by Crippen LogP contribution is 2.15. The molecule has 136 valence electrons. The first-order valence-electron chi connectivity index (χ1n) is 8.92. The zero-order chi connectivity index (χ0) is 17.8. The van der Waals surface area contributed by atoms with Crippen LogP contribution in [0.5, 0.6) is 0 Å². The van der Waals surface area contributed by atoms with Crippen LogP contribution in [0.3, 0.4) is 0 Å². The maximum Gasteiger partial charge on any atom is 0.272 e. The van der Waals surface area contributed by atoms with Gasteiger partial charge >= 0.3 is 0 Å². The summed E-state index contributed by atoms with van der Waals surface area (Å²) >= 11 is 0. The molecule has 0 radical (unpaired) electrons. The number of aryl methyl sites for hydroxylation is 1. The van der Waals surface area contributed by atoms with E-state index in [1.807, 2.05) is 6.92 Å². The summed E-state index contributed by atoms with van der Waals surface area (Å²) in [6.45, 7) is 11.1. The maximum atomic E-state index is 12.8. The van der Waals surface area contributed by atoms with Gasteiger partial charge in [-0.15, -0.1) is 0 Å². The van der Waals surface area contributed by atoms with Crippen LogP contribution in [0.4, 0.5) is 5.95 Å². The van der Waals surface area contributed by atoms with Crippen molar-refractivity contribution in [2.75, 3.05) is 63.8 Å². The highest BCUT2D eigenvalue weighted by molar-refractivity contribution is 5.92. The SMILES string of the molecule is CCN1CCN(c2nc(C)cc(C(=O)N3CCN(C=O)CC3)n2)CC1. The Morgan fingerprint density at radius 3 is 2.36 bits per heavy atom. The van der Waals surface area contributed by atoms with Gasteiger partial charge in [-0.2, -0.15) is 0 Å². The number of rotatable bonds is 4. The fraction of sp³-hybridized carbons (Fsp3) is 0.647. The fourth-order valence-corrected chi connectivity index (χ4v) is 3.26. The zero-order valence-electron chi connectivity index (χ0n) is 15.0. The lowest BCUT2D eigenvalue weighted by atomic mass is 10.2. The first kappa shape index (κ1) is 17.6. The standard InChI is InChI=1S/C17H26N6O2/c1-3-20-4-10-23(11-5-20)17-18-14(2)12-15(19-17)16(25)22-8-6-21(13-24)7-9-22/h12-13H,3-11H2,1-2H3. The van der Waals surface area contributed by atoms with E-state index in [4.69, 9.17) is 0 Å². The van der Waals surface area contributed by atoms with Crippen LogP contribution in [0.2, 0.25) is 0 Å². The Labute approximate surface area is 148 Å². The molecule has 0 saturated carbocycles. The molecule has 2 fully saturated rings. The number of amides is 2. The molecule has 1 aromatic rings. The van der Waals surface area contributed by atoms with E-state index in [0.717, 1.165) is 44.8 Å². The molecule has 0 atom stereocenters. The average molecular weight is 346 g/mol. The van der Waals surface area contributed by atoms with Crippen molar-refractivity contribution in [3.8, 4) is 0 Å². The summed E-state index contributed by atoms with van der Waals surface area (Å²) in [5.74, 6) is 0.565. The van der Waals surface area contributed by atoms with Crippen molar-refractivity contribution in [3.05, 3.63) is 17.5 Å². The first-order valence-corrected chi connectivity index (χ1v) is 8.92. The van der Waals surface area contributed by atoms with Crippen LogP contribution in [0.1, 0.15) is 23.1 Å². The molecule has 2 amide bonds. The molecule has 0 spiro atoms. The molecule has 0 unspecified atom stereocenters. The van der Waals surface area contributed by atoms with Gasteiger partial charge in [-0.3, -0.25) is 9.59 Å². The van der Waals surface area contributed by atoms with Crippen molar-refractivity contribution in [2.45, 2.75) is 13.8 Å². The second-order valence-corrected chi connectivity index (χ2v) is 6.55. The van der Waals surface area contributed by atoms with Crippen molar-refractivity contribution in [1.29, 1.82) is 0 Å². The lowest BCUT2D eigenvalue weighted by Gasteiger charge is -2.34. The topological polar surface area (TPSA) is 72.9 Å². The molecule has 0 bridgehead atoms. The van der Waals surface area contributed by atoms with Crippen molar-refractivity contribution in [1.82, 2.24) is 24.7 Å². The van der Waals surface area contributed by atoms with E-state index >= 15 is 0 Å². The summed E-state index contributed by atoms with van der Waals surface area (Å²) in [5, 5.41) is 0. The minimum absolute atomic E-state index is 0.0792. The summed E-state index contributed by atoms with van der Waals surface area (Å²) in [5.41, 5.74) is 1.25. The largest absolute Gasteiger partial charge is 0.342 e. The summed E-state index contributed by atoms with van der Waals surface area (Å²) in [6, 6.07) is 1.75. The summed E-state index contributed by atoms with van der Waals surface area (Å²) in [7, 11) is 0. The summed E-state index contributed by atoms with van der Waals surface area (Å²) < 4.78 is 0. The molecule has 3 heterocycles. The molecular weight excluding hydrogens is 320 g/mol. The number of hydrogen-bond acceptors (Lipinski definition) is 6. The third-order valence-corrected chi connectivity index (χ3v) is 4.91. The second-order valence-electron chi connectivity index (χ2n) is 6.55. The van der Waals surface area contributed by atoms with Crippen LogP contribution < -0.4 is 4.90 Å². The Hall–Kier alpha value is -2.22. The molecule has 0 N–H and O–H groups in total. The number of hydrogen-bond donors (Lipinski definition) is 0. The molecule has 2 aliphatic rings. The number of carbonyl (C=O) groups is 2. The Morgan fingerprint density at radius 2 is 1.76 bits per heavy atom. The number of aromatic nitrogens is 2. The van der Waals surface area contributed by atoms with E-state index in [1.165, 1.54) is 0 Å². The van der Waals surface area contributed by atoms with Crippen molar-refractivity contribution in [2.24, 2.45) is 0 Å². The maximum absolute atomic E-state index is 12.8. The Balaban J connectivity index is 1.71. The van der Waals surface area contributed by atoms with E-state index in [2.05, 4.69) is 26.7 Å². The molecule has 0 aromatic carbocycles. The molecule has 2 saturated heterocycles. The number of carbonyl (C=O) groups excluding carboxylic acids is 2. The third kappa shape index (κ3) is 4.07. The predicted molar refractivity (Wildman–Crippen MR) is 94.6 cm³/mol. The van der Waals surface area contributed by atoms with E-state index in [-0.39, 0.29) is 5.91 Å². The molecule has 8 heteroatoms. The average Bonchev–Trinajstić information content (AvgIpc) is 2.67. The third-order valence-electron chi connectivity index (χ3n) is 4.91. The van der Waals surface area contributed by atoms with Crippen molar-refractivity contribution in [3.63, 3.8) is 0 Å². The first-order chi connectivity index (χ1) is 12.1. The molecule has 0 aliphatic carbocycles. The predicted octanol–water partition coefficient (Wildman–Crippen LogP) is -0.159. The monoisotopic (exact) mass is 346 g/mol. The van der Waals surface area contributed by atoms with E-state index in [1.54, 1.807) is 15.9 Å². The lowest BCUT2D eigenvalue weighted by molar-refractivity contribution is -0.119. The normalized spacial score (nSPS) is 19.2. The van der Waals surface area contributed by atoms with Gasteiger partial charge in [0, 0.05) is 58.1 Å². The highest BCUT2D eigenvalue weighted by Gasteiger charge is 2.24. The molecule has 1 aromatic heterocycles. The van der Waals surface area contributed by atoms with Crippen LogP contribution in [0, 0.1) is 6.92 Å². The molecular formula is C17H26N6O2. The van der Waals surface area contributed by atoms with Gasteiger partial charge in [0.2, 0.25) is 12.4 Å². The van der Waals surface area contributed by atoms with Gasteiger partial charge in [-0.1, -0.05) is 6.92 Å². The van der Waals surface area contributed by atoms with Crippen molar-refractivity contribution < 1.29 is 9.59 Å². The molecule has 2 aliphatic heterocycles. The van der Waals surface area contributed by atoms with Crippen molar-refractivity contribution >= 4 is 18.3 Å². The van der Waals surface area contributed by atoms with Crippen LogP contribution in [0.25, 0.3) is 0 Å². The summed E-state index contributed by atoms with van der Waals surface area (Å²) in [4.78, 5) is 40.7. The van der Waals surface area contributed by atoms with Crippen LogP contribution >= 0.6 is 0 Å². The van der Waals surface area contributed by atoms with Gasteiger partial charge in [0.1, 0.15) is 5.69 Å². The Kier molecular flexibility index (Phi) is 5.47. The van der Waals surface area contributed by atoms with E-state index < -0.39 is 0 Å². The smallest absolute Gasteiger partial charge is 0.272 e. The number of piperazine rings is 2. The van der Waals surface area contributed by atoms with Gasteiger partial charge in [0.05, 0.1) is 0 Å². The van der Waals surface area contributed by atoms with Crippen LogP contribution in [-0.4, -0.2) is 95.9 Å². The minimum Gasteiger partial charge on any atom is -0.342 e. The summed E-state index contributed by atoms with van der Waals surface area (Å²) in [6.07, 6.45) is 0.838. The van der Waals surface area contributed by atoms with Gasteiger partial charge < -0.3 is 19.6 Å². The lowest BCUT2D eigenvalue weighted by Crippen LogP contribution is -2.48.